The van der Waals surface area contributed by atoms with Crippen molar-refractivity contribution in [3.63, 3.8) is 0 Å². The van der Waals surface area contributed by atoms with Gasteiger partial charge in [-0.1, -0.05) is 38.2 Å². The van der Waals surface area contributed by atoms with Crippen LogP contribution in [0.1, 0.15) is 32.1 Å². The number of benzene rings is 1. The summed E-state index contributed by atoms with van der Waals surface area (Å²) in [6.45, 7) is 0. The summed E-state index contributed by atoms with van der Waals surface area (Å²) in [4.78, 5) is 0. The van der Waals surface area contributed by atoms with Crippen LogP contribution in [0.4, 0.5) is 0 Å². The zero-order chi connectivity index (χ0) is 14.5. The van der Waals surface area contributed by atoms with Gasteiger partial charge in [0.2, 0.25) is 5.75 Å². The summed E-state index contributed by atoms with van der Waals surface area (Å²) in [5.41, 5.74) is 0. The molecule has 1 aliphatic carbocycles. The van der Waals surface area contributed by atoms with Gasteiger partial charge in [0.1, 0.15) is 0 Å². The Morgan fingerprint density at radius 1 is 0.947 bits per heavy atom. The first kappa shape index (κ1) is 18.9. The molecule has 2 rings (SSSR count). The quantitative estimate of drug-likeness (QED) is 0.789. The minimum atomic E-state index is -0.556. The van der Waals surface area contributed by atoms with Gasteiger partial charge < -0.3 is 14.6 Å². The number of ether oxygens (including phenoxy) is 2. The second-order valence-electron chi connectivity index (χ2n) is 3.85. The van der Waals surface area contributed by atoms with Crippen molar-refractivity contribution < 1.29 is 31.6 Å². The molecule has 1 aromatic rings. The van der Waals surface area contributed by atoms with Gasteiger partial charge in [-0.25, -0.2) is 0 Å². The average Bonchev–Trinajstić information content (AvgIpc) is 2.99. The van der Waals surface area contributed by atoms with E-state index in [0.717, 1.165) is 0 Å². The van der Waals surface area contributed by atoms with Crippen molar-refractivity contribution >= 4 is 18.6 Å². The molecule has 1 aromatic carbocycles. The van der Waals surface area contributed by atoms with Gasteiger partial charge in [0.15, 0.2) is 11.5 Å². The third-order valence-corrected chi connectivity index (χ3v) is 2.65. The van der Waals surface area contributed by atoms with E-state index in [9.17, 15) is 5.11 Å². The van der Waals surface area contributed by atoms with Crippen molar-refractivity contribution in [3.8, 4) is 17.2 Å². The van der Waals surface area contributed by atoms with Crippen LogP contribution >= 0.6 is 18.6 Å². The summed E-state index contributed by atoms with van der Waals surface area (Å²) in [5.74, 6) is 0.881. The van der Waals surface area contributed by atoms with Crippen LogP contribution < -0.4 is 9.47 Å². The van der Waals surface area contributed by atoms with Gasteiger partial charge in [-0.15, -0.1) is 0 Å². The van der Waals surface area contributed by atoms with Crippen LogP contribution in [0.3, 0.4) is 0 Å². The van der Waals surface area contributed by atoms with E-state index in [0.29, 0.717) is 11.5 Å². The first-order valence-corrected chi connectivity index (χ1v) is 10.4. The summed E-state index contributed by atoms with van der Waals surface area (Å²) in [6.07, 6.45) is 7.50. The second-order valence-corrected chi connectivity index (χ2v) is 6.43. The van der Waals surface area contributed by atoms with Crippen molar-refractivity contribution in [3.05, 3.63) is 18.2 Å². The number of para-hydroxylation sites is 1. The topological polar surface area (TPSA) is 38.7 Å². The predicted octanol–water partition coefficient (Wildman–Crippen LogP) is 4.74. The van der Waals surface area contributed by atoms with Crippen LogP contribution in [0.15, 0.2) is 18.2 Å². The number of hydrogen-bond acceptors (Lipinski definition) is 3. The molecule has 3 nitrogen and oxygen atoms in total. The van der Waals surface area contributed by atoms with E-state index in [2.05, 4.69) is 0 Å². The monoisotopic (exact) mass is 342 g/mol. The van der Waals surface area contributed by atoms with Crippen LogP contribution in [0.25, 0.3) is 0 Å². The van der Waals surface area contributed by atoms with E-state index in [1.165, 1.54) is 46.3 Å². The second kappa shape index (κ2) is 12.9. The first-order valence-electron chi connectivity index (χ1n) is 6.07. The van der Waals surface area contributed by atoms with Gasteiger partial charge in [-0.3, -0.25) is 0 Å². The zero-order valence-corrected chi connectivity index (χ0v) is 14.4. The third kappa shape index (κ3) is 8.64. The summed E-state index contributed by atoms with van der Waals surface area (Å²) in [6, 6.07) is 5.08. The van der Waals surface area contributed by atoms with Crippen LogP contribution in [0.5, 0.6) is 17.2 Å². The molecular formula is C13H20Cl2O3Ti. The Labute approximate surface area is 131 Å². The van der Waals surface area contributed by atoms with E-state index in [-0.39, 0.29) is 5.75 Å². The molecule has 0 amide bonds. The van der Waals surface area contributed by atoms with Crippen LogP contribution in [-0.4, -0.2) is 19.3 Å². The molecule has 108 valence electrons. The van der Waals surface area contributed by atoms with Gasteiger partial charge in [-0.2, -0.15) is 0 Å². The number of methoxy groups -OCH3 is 2. The first-order chi connectivity index (χ1) is 9.21. The molecule has 19 heavy (non-hydrogen) atoms. The maximum absolute atomic E-state index is 9.34. The number of halogens is 2. The predicted molar refractivity (Wildman–Crippen MR) is 76.0 cm³/mol. The Morgan fingerprint density at radius 2 is 1.26 bits per heavy atom. The molecule has 0 atom stereocenters. The number of rotatable bonds is 2. The molecule has 0 radical (unpaired) electrons. The summed E-state index contributed by atoms with van der Waals surface area (Å²) in [5, 5.41) is 9.34. The number of phenolic OH excluding ortho intramolecular Hbond substituents is 1. The molecule has 0 heterocycles. The van der Waals surface area contributed by atoms with Gasteiger partial charge >= 0.3 is 35.6 Å². The number of hydrogen-bond donors (Lipinski definition) is 1. The van der Waals surface area contributed by atoms with Crippen molar-refractivity contribution in [2.75, 3.05) is 14.2 Å². The van der Waals surface area contributed by atoms with Crippen molar-refractivity contribution in [2.45, 2.75) is 32.1 Å². The van der Waals surface area contributed by atoms with Crippen LogP contribution in [0.2, 0.25) is 0 Å². The number of aromatic hydroxyl groups is 1. The summed E-state index contributed by atoms with van der Waals surface area (Å²) in [7, 11) is 12.8. The molecule has 1 N–H and O–H groups in total. The summed E-state index contributed by atoms with van der Waals surface area (Å²) < 4.78 is 9.71. The van der Waals surface area contributed by atoms with Crippen molar-refractivity contribution in [2.24, 2.45) is 0 Å². The van der Waals surface area contributed by atoms with Crippen molar-refractivity contribution in [1.82, 2.24) is 0 Å². The molecule has 0 aliphatic heterocycles. The maximum atomic E-state index is 9.34. The van der Waals surface area contributed by atoms with E-state index < -0.39 is 17.0 Å². The van der Waals surface area contributed by atoms with E-state index in [4.69, 9.17) is 28.1 Å². The molecular weight excluding hydrogens is 323 g/mol. The molecule has 0 unspecified atom stereocenters. The van der Waals surface area contributed by atoms with Crippen LogP contribution in [0, 0.1) is 0 Å². The molecule has 0 aromatic heterocycles. The van der Waals surface area contributed by atoms with Crippen molar-refractivity contribution in [1.29, 1.82) is 0 Å². The average molecular weight is 343 g/mol. The standard InChI is InChI=1S/C8H10O3.C5H10.2ClH.Ti/c1-10-6-4-3-5-7(11-2)8(6)9;1-2-4-5-3-1;;;/h3-5,9H,1-2H3;1-5H2;2*1H;/q;;;;+2/p-2. The molecule has 0 saturated heterocycles. The van der Waals surface area contributed by atoms with E-state index in [1.807, 2.05) is 0 Å². The molecule has 0 bridgehead atoms. The fourth-order valence-electron chi connectivity index (χ4n) is 1.72. The minimum absolute atomic E-state index is 0.0394. The molecule has 1 fully saturated rings. The normalized spacial score (nSPS) is 12.4. The van der Waals surface area contributed by atoms with Gasteiger partial charge in [0, 0.05) is 0 Å². The Kier molecular flexibility index (Phi) is 12.9. The zero-order valence-electron chi connectivity index (χ0n) is 11.3. The number of phenols is 1. The Hall–Kier alpha value is -0.0857. The van der Waals surface area contributed by atoms with Gasteiger partial charge in [-0.05, 0) is 12.1 Å². The molecule has 1 saturated carbocycles. The Morgan fingerprint density at radius 3 is 1.53 bits per heavy atom. The molecule has 1 aliphatic rings. The SMILES string of the molecule is C1CCCC1.COc1cccc(OC)c1O.[Cl][Ti][Cl]. The van der Waals surface area contributed by atoms with Gasteiger partial charge in [0.25, 0.3) is 0 Å². The summed E-state index contributed by atoms with van der Waals surface area (Å²) >= 11 is -0.556. The molecule has 6 heteroatoms. The Balaban J connectivity index is 0.000000334. The molecule has 0 spiro atoms. The fourth-order valence-corrected chi connectivity index (χ4v) is 1.72. The fraction of sp³-hybridized carbons (Fsp3) is 0.538. The van der Waals surface area contributed by atoms with E-state index in [1.54, 1.807) is 18.2 Å². The van der Waals surface area contributed by atoms with Crippen LogP contribution in [-0.2, 0) is 17.0 Å². The Bertz CT molecular complexity index is 304. The third-order valence-electron chi connectivity index (χ3n) is 2.65. The van der Waals surface area contributed by atoms with Gasteiger partial charge in [0.05, 0.1) is 14.2 Å². The van der Waals surface area contributed by atoms with E-state index >= 15 is 0 Å².